The van der Waals surface area contributed by atoms with Crippen LogP contribution >= 0.6 is 0 Å². The molecule has 3 N–H and O–H groups in total. The standard InChI is InChI=1S/C26H35N5O3/c1-17(2)14-19(16-27-24-12-13-34-30-24)28-25(32)20-9-5-6-10-21(20)29-26(33)23-15-18-8-4-7-11-22(18)31(23)3/h4,7-8,11-13,15,17,19-21H,5-6,9-10,14,16H2,1-3H3,(H,27,30)(H,28,32)(H,29,33)/t19-,20+,21-/m0/s1. The van der Waals surface area contributed by atoms with Crippen molar-refractivity contribution in [1.82, 2.24) is 20.4 Å². The van der Waals surface area contributed by atoms with Gasteiger partial charge in [-0.1, -0.05) is 50.0 Å². The number of hydrogen-bond donors (Lipinski definition) is 3. The Morgan fingerprint density at radius 2 is 1.97 bits per heavy atom. The Bertz CT molecular complexity index is 1110. The predicted octanol–water partition coefficient (Wildman–Crippen LogP) is 4.10. The van der Waals surface area contributed by atoms with Crippen LogP contribution in [0.3, 0.4) is 0 Å². The van der Waals surface area contributed by atoms with Crippen LogP contribution in [0.4, 0.5) is 5.82 Å². The van der Waals surface area contributed by atoms with Gasteiger partial charge in [0.2, 0.25) is 5.91 Å². The first-order valence-electron chi connectivity index (χ1n) is 12.2. The topological polar surface area (TPSA) is 101 Å². The Morgan fingerprint density at radius 1 is 1.18 bits per heavy atom. The lowest BCUT2D eigenvalue weighted by molar-refractivity contribution is -0.127. The molecule has 182 valence electrons. The van der Waals surface area contributed by atoms with Crippen LogP contribution in [0.5, 0.6) is 0 Å². The predicted molar refractivity (Wildman–Crippen MR) is 133 cm³/mol. The van der Waals surface area contributed by atoms with Crippen molar-refractivity contribution in [2.45, 2.75) is 58.0 Å². The molecule has 3 atom stereocenters. The maximum atomic E-state index is 13.4. The molecule has 2 amide bonds. The molecule has 3 aromatic rings. The number of nitrogens with zero attached hydrogens (tertiary/aromatic N) is 2. The van der Waals surface area contributed by atoms with Gasteiger partial charge < -0.3 is 25.0 Å². The highest BCUT2D eigenvalue weighted by atomic mass is 16.5. The monoisotopic (exact) mass is 465 g/mol. The Morgan fingerprint density at radius 3 is 2.71 bits per heavy atom. The van der Waals surface area contributed by atoms with E-state index in [4.69, 9.17) is 4.52 Å². The first-order valence-corrected chi connectivity index (χ1v) is 12.2. The molecule has 0 aliphatic heterocycles. The smallest absolute Gasteiger partial charge is 0.268 e. The molecule has 0 radical (unpaired) electrons. The summed E-state index contributed by atoms with van der Waals surface area (Å²) in [7, 11) is 1.90. The minimum atomic E-state index is -0.242. The van der Waals surface area contributed by atoms with Crippen molar-refractivity contribution in [1.29, 1.82) is 0 Å². The van der Waals surface area contributed by atoms with Crippen molar-refractivity contribution in [3.8, 4) is 0 Å². The molecule has 1 aliphatic rings. The van der Waals surface area contributed by atoms with E-state index < -0.39 is 0 Å². The van der Waals surface area contributed by atoms with Crippen LogP contribution in [0.2, 0.25) is 0 Å². The van der Waals surface area contributed by atoms with E-state index in [1.54, 1.807) is 6.07 Å². The Hall–Kier alpha value is -3.29. The van der Waals surface area contributed by atoms with Crippen molar-refractivity contribution in [2.75, 3.05) is 11.9 Å². The fourth-order valence-electron chi connectivity index (χ4n) is 4.97. The largest absolute Gasteiger partial charge is 0.365 e. The maximum absolute atomic E-state index is 13.4. The second-order valence-electron chi connectivity index (χ2n) is 9.72. The number of hydrogen-bond acceptors (Lipinski definition) is 5. The number of carbonyl (C=O) groups is 2. The third-order valence-electron chi connectivity index (χ3n) is 6.67. The molecule has 0 saturated heterocycles. The lowest BCUT2D eigenvalue weighted by Crippen LogP contribution is -2.51. The summed E-state index contributed by atoms with van der Waals surface area (Å²) in [5.41, 5.74) is 1.63. The lowest BCUT2D eigenvalue weighted by Gasteiger charge is -2.33. The molecule has 2 aromatic heterocycles. The van der Waals surface area contributed by atoms with Gasteiger partial charge in [0.25, 0.3) is 5.91 Å². The quantitative estimate of drug-likeness (QED) is 0.442. The maximum Gasteiger partial charge on any atom is 0.268 e. The second kappa shape index (κ2) is 10.8. The molecule has 2 heterocycles. The van der Waals surface area contributed by atoms with Gasteiger partial charge in [0.05, 0.1) is 5.92 Å². The Labute approximate surface area is 200 Å². The normalized spacial score (nSPS) is 19.2. The van der Waals surface area contributed by atoms with Gasteiger partial charge in [-0.2, -0.15) is 0 Å². The third-order valence-corrected chi connectivity index (χ3v) is 6.67. The Kier molecular flexibility index (Phi) is 7.55. The number of rotatable bonds is 9. The van der Waals surface area contributed by atoms with Crippen molar-refractivity contribution < 1.29 is 14.1 Å². The molecular weight excluding hydrogens is 430 g/mol. The molecule has 0 spiro atoms. The molecule has 34 heavy (non-hydrogen) atoms. The van der Waals surface area contributed by atoms with Crippen molar-refractivity contribution in [2.24, 2.45) is 18.9 Å². The van der Waals surface area contributed by atoms with E-state index in [0.717, 1.165) is 43.0 Å². The van der Waals surface area contributed by atoms with Crippen LogP contribution in [0.15, 0.2) is 47.2 Å². The fourth-order valence-corrected chi connectivity index (χ4v) is 4.97. The number of aromatic nitrogens is 2. The molecule has 0 bridgehead atoms. The highest BCUT2D eigenvalue weighted by Crippen LogP contribution is 2.26. The molecule has 0 unspecified atom stereocenters. The average molecular weight is 466 g/mol. The summed E-state index contributed by atoms with van der Waals surface area (Å²) in [6.45, 7) is 4.85. The summed E-state index contributed by atoms with van der Waals surface area (Å²) in [6.07, 6.45) is 5.94. The number of para-hydroxylation sites is 1. The van der Waals surface area contributed by atoms with Gasteiger partial charge in [0.1, 0.15) is 12.0 Å². The number of benzene rings is 1. The zero-order chi connectivity index (χ0) is 24.1. The van der Waals surface area contributed by atoms with Crippen molar-refractivity contribution in [3.05, 3.63) is 48.4 Å². The van der Waals surface area contributed by atoms with Gasteiger partial charge in [0, 0.05) is 42.6 Å². The Balaban J connectivity index is 1.42. The van der Waals surface area contributed by atoms with E-state index in [9.17, 15) is 9.59 Å². The van der Waals surface area contributed by atoms with E-state index in [-0.39, 0.29) is 29.8 Å². The van der Waals surface area contributed by atoms with Crippen LogP contribution in [0.25, 0.3) is 10.9 Å². The number of anilines is 1. The fraction of sp³-hybridized carbons (Fsp3) is 0.500. The van der Waals surface area contributed by atoms with E-state index in [1.807, 2.05) is 41.9 Å². The van der Waals surface area contributed by atoms with Gasteiger partial charge in [-0.25, -0.2) is 0 Å². The van der Waals surface area contributed by atoms with Crippen LogP contribution in [-0.4, -0.2) is 40.2 Å². The van der Waals surface area contributed by atoms with Gasteiger partial charge in [-0.05, 0) is 37.3 Å². The van der Waals surface area contributed by atoms with Crippen LogP contribution in [0.1, 0.15) is 56.4 Å². The number of nitrogens with one attached hydrogen (secondary N) is 3. The third kappa shape index (κ3) is 5.61. The molecule has 1 aromatic carbocycles. The summed E-state index contributed by atoms with van der Waals surface area (Å²) in [5, 5.41) is 14.6. The number of aryl methyl sites for hydroxylation is 1. The number of amides is 2. The van der Waals surface area contributed by atoms with Gasteiger partial charge in [-0.15, -0.1) is 0 Å². The van der Waals surface area contributed by atoms with Gasteiger partial charge >= 0.3 is 0 Å². The van der Waals surface area contributed by atoms with Gasteiger partial charge in [0.15, 0.2) is 5.82 Å². The summed E-state index contributed by atoms with van der Waals surface area (Å²) < 4.78 is 6.79. The highest BCUT2D eigenvalue weighted by molar-refractivity contribution is 5.99. The zero-order valence-electron chi connectivity index (χ0n) is 20.2. The van der Waals surface area contributed by atoms with Crippen molar-refractivity contribution in [3.63, 3.8) is 0 Å². The first kappa shape index (κ1) is 23.9. The minimum Gasteiger partial charge on any atom is -0.365 e. The summed E-state index contributed by atoms with van der Waals surface area (Å²) >= 11 is 0. The van der Waals surface area contributed by atoms with Crippen LogP contribution in [-0.2, 0) is 11.8 Å². The molecular formula is C26H35N5O3. The average Bonchev–Trinajstić information content (AvgIpc) is 3.45. The summed E-state index contributed by atoms with van der Waals surface area (Å²) in [4.78, 5) is 26.5. The molecule has 1 saturated carbocycles. The lowest BCUT2D eigenvalue weighted by atomic mass is 9.83. The summed E-state index contributed by atoms with van der Waals surface area (Å²) in [6, 6.07) is 11.4. The minimum absolute atomic E-state index is 0.00893. The van der Waals surface area contributed by atoms with E-state index >= 15 is 0 Å². The summed E-state index contributed by atoms with van der Waals surface area (Å²) in [5.74, 6) is 0.720. The molecule has 4 rings (SSSR count). The second-order valence-corrected chi connectivity index (χ2v) is 9.72. The van der Waals surface area contributed by atoms with Gasteiger partial charge in [-0.3, -0.25) is 9.59 Å². The van der Waals surface area contributed by atoms with Crippen molar-refractivity contribution >= 4 is 28.5 Å². The van der Waals surface area contributed by atoms with Crippen LogP contribution in [0, 0.1) is 11.8 Å². The molecule has 8 heteroatoms. The highest BCUT2D eigenvalue weighted by Gasteiger charge is 2.33. The number of fused-ring (bicyclic) bond motifs is 1. The SMILES string of the molecule is CC(C)C[C@@H](CNc1ccon1)NC(=O)[C@@H]1CCCC[C@@H]1NC(=O)c1cc2ccccc2n1C. The molecule has 1 fully saturated rings. The molecule has 8 nitrogen and oxygen atoms in total. The van der Waals surface area contributed by atoms with E-state index in [2.05, 4.69) is 35.0 Å². The zero-order valence-corrected chi connectivity index (χ0v) is 20.2. The number of carbonyl (C=O) groups excluding carboxylic acids is 2. The first-order chi connectivity index (χ1) is 16.4. The molecule has 1 aliphatic carbocycles. The van der Waals surface area contributed by atoms with E-state index in [1.165, 1.54) is 6.26 Å². The van der Waals surface area contributed by atoms with Crippen LogP contribution < -0.4 is 16.0 Å². The van der Waals surface area contributed by atoms with E-state index in [0.29, 0.717) is 24.0 Å².